The average molecular weight is 463 g/mol. The van der Waals surface area contributed by atoms with Crippen LogP contribution in [0.5, 0.6) is 17.2 Å². The van der Waals surface area contributed by atoms with E-state index in [0.29, 0.717) is 5.75 Å². The first-order valence-corrected chi connectivity index (χ1v) is 13.4. The van der Waals surface area contributed by atoms with E-state index in [0.717, 1.165) is 24.8 Å². The molecule has 0 aliphatic rings. The van der Waals surface area contributed by atoms with Crippen molar-refractivity contribution in [3.8, 4) is 17.2 Å². The molecule has 2 aromatic carbocycles. The Labute approximate surface area is 193 Å². The molecule has 5 nitrogen and oxygen atoms in total. The van der Waals surface area contributed by atoms with Gasteiger partial charge in [0.05, 0.1) is 4.90 Å². The summed E-state index contributed by atoms with van der Waals surface area (Å²) in [5.74, 6) is 0.557. The molecular formula is C26H38O5S. The molecule has 178 valence electrons. The maximum Gasteiger partial charge on any atom is 0.294 e. The quantitative estimate of drug-likeness (QED) is 0.197. The molecule has 0 bridgehead atoms. The van der Waals surface area contributed by atoms with Crippen molar-refractivity contribution >= 4 is 10.1 Å². The fraction of sp³-hybridized carbons (Fsp3) is 0.538. The normalized spacial score (nSPS) is 11.6. The number of phenolic OH excluding ortho intramolecular Hbond substituents is 1. The highest BCUT2D eigenvalue weighted by Crippen LogP contribution is 2.34. The Bertz CT molecular complexity index is 908. The Balaban J connectivity index is 1.80. The van der Waals surface area contributed by atoms with E-state index in [4.69, 9.17) is 4.74 Å². The van der Waals surface area contributed by atoms with E-state index in [1.165, 1.54) is 82.4 Å². The maximum absolute atomic E-state index is 11.5. The van der Waals surface area contributed by atoms with E-state index in [-0.39, 0.29) is 16.4 Å². The molecule has 2 N–H and O–H groups in total. The summed E-state index contributed by atoms with van der Waals surface area (Å²) in [5.41, 5.74) is 0.854. The van der Waals surface area contributed by atoms with Crippen LogP contribution in [0.4, 0.5) is 0 Å². The second kappa shape index (κ2) is 14.2. The number of phenols is 1. The summed E-state index contributed by atoms with van der Waals surface area (Å²) in [4.78, 5) is -0.221. The number of unbranched alkanes of at least 4 members (excludes halogenated alkanes) is 11. The molecule has 0 aliphatic heterocycles. The van der Waals surface area contributed by atoms with Gasteiger partial charge in [0.15, 0.2) is 11.5 Å². The number of aromatic hydroxyl groups is 1. The van der Waals surface area contributed by atoms with Gasteiger partial charge < -0.3 is 9.84 Å². The Morgan fingerprint density at radius 2 is 1.31 bits per heavy atom. The van der Waals surface area contributed by atoms with Crippen LogP contribution in [0.1, 0.15) is 89.5 Å². The molecule has 0 saturated carbocycles. The second-order valence-electron chi connectivity index (χ2n) is 8.45. The van der Waals surface area contributed by atoms with Gasteiger partial charge in [-0.3, -0.25) is 4.55 Å². The van der Waals surface area contributed by atoms with Gasteiger partial charge in [0.25, 0.3) is 10.1 Å². The lowest BCUT2D eigenvalue weighted by Gasteiger charge is -2.13. The Hall–Kier alpha value is -2.05. The summed E-state index contributed by atoms with van der Waals surface area (Å²) >= 11 is 0. The first-order valence-electron chi connectivity index (χ1n) is 12.0. The minimum absolute atomic E-state index is 0.0268. The third kappa shape index (κ3) is 9.61. The first kappa shape index (κ1) is 26.2. The number of hydrogen-bond donors (Lipinski definition) is 2. The molecule has 0 saturated heterocycles. The van der Waals surface area contributed by atoms with Crippen LogP contribution >= 0.6 is 0 Å². The van der Waals surface area contributed by atoms with Crippen LogP contribution in [-0.4, -0.2) is 18.1 Å². The molecule has 0 fully saturated rings. The lowest BCUT2D eigenvalue weighted by atomic mass is 10.0. The summed E-state index contributed by atoms with van der Waals surface area (Å²) in [6.45, 7) is 2.25. The van der Waals surface area contributed by atoms with Gasteiger partial charge in [0.2, 0.25) is 0 Å². The molecule has 6 heteroatoms. The minimum atomic E-state index is -4.33. The fourth-order valence-electron chi connectivity index (χ4n) is 3.82. The first-order chi connectivity index (χ1) is 15.4. The van der Waals surface area contributed by atoms with Crippen molar-refractivity contribution in [2.45, 2.75) is 95.3 Å². The maximum atomic E-state index is 11.5. The molecule has 0 spiro atoms. The fourth-order valence-corrected chi connectivity index (χ4v) is 4.31. The van der Waals surface area contributed by atoms with Gasteiger partial charge in [-0.15, -0.1) is 0 Å². The Morgan fingerprint density at radius 3 is 1.88 bits per heavy atom. The van der Waals surface area contributed by atoms with E-state index in [9.17, 15) is 18.1 Å². The van der Waals surface area contributed by atoms with Crippen molar-refractivity contribution < 1.29 is 22.8 Å². The highest BCUT2D eigenvalue weighted by atomic mass is 32.2. The zero-order valence-corrected chi connectivity index (χ0v) is 20.1. The molecule has 0 radical (unpaired) electrons. The van der Waals surface area contributed by atoms with Crippen LogP contribution in [0, 0.1) is 0 Å². The van der Waals surface area contributed by atoms with Gasteiger partial charge in [-0.25, -0.2) is 0 Å². The number of para-hydroxylation sites is 2. The van der Waals surface area contributed by atoms with Gasteiger partial charge in [-0.1, -0.05) is 95.8 Å². The SMILES string of the molecule is CCCCCCCCCCCCCCc1ccc(S(=O)(=O)O)cc1Oc1ccccc1O. The van der Waals surface area contributed by atoms with Crippen LogP contribution < -0.4 is 4.74 Å². The van der Waals surface area contributed by atoms with E-state index in [1.54, 1.807) is 24.3 Å². The van der Waals surface area contributed by atoms with Gasteiger partial charge in [-0.05, 0) is 36.6 Å². The third-order valence-electron chi connectivity index (χ3n) is 5.72. The molecule has 0 aromatic heterocycles. The summed E-state index contributed by atoms with van der Waals surface area (Å²) in [6.07, 6.45) is 16.0. The van der Waals surface area contributed by atoms with Crippen LogP contribution in [0.2, 0.25) is 0 Å². The third-order valence-corrected chi connectivity index (χ3v) is 6.57. The zero-order valence-electron chi connectivity index (χ0n) is 19.3. The number of rotatable bonds is 16. The number of aryl methyl sites for hydroxylation is 1. The van der Waals surface area contributed by atoms with E-state index in [1.807, 2.05) is 0 Å². The molecular weight excluding hydrogens is 424 g/mol. The standard InChI is InChI=1S/C26H38O5S/c1-2-3-4-5-6-7-8-9-10-11-12-13-16-22-19-20-23(32(28,29)30)21-26(22)31-25-18-15-14-17-24(25)27/h14-15,17-21,27H,2-13,16H2,1H3,(H,28,29,30). The smallest absolute Gasteiger partial charge is 0.294 e. The Kier molecular flexibility index (Phi) is 11.6. The summed E-state index contributed by atoms with van der Waals surface area (Å²) < 4.78 is 38.3. The van der Waals surface area contributed by atoms with Gasteiger partial charge in [0.1, 0.15) is 5.75 Å². The van der Waals surface area contributed by atoms with Crippen molar-refractivity contribution in [2.75, 3.05) is 0 Å². The van der Waals surface area contributed by atoms with E-state index < -0.39 is 10.1 Å². The Morgan fingerprint density at radius 1 is 0.750 bits per heavy atom. The van der Waals surface area contributed by atoms with Gasteiger partial charge in [0, 0.05) is 6.07 Å². The highest BCUT2D eigenvalue weighted by molar-refractivity contribution is 7.85. The number of ether oxygens (including phenoxy) is 1. The van der Waals surface area contributed by atoms with Crippen molar-refractivity contribution in [1.29, 1.82) is 0 Å². The van der Waals surface area contributed by atoms with Crippen LogP contribution in [0.25, 0.3) is 0 Å². The van der Waals surface area contributed by atoms with Gasteiger partial charge >= 0.3 is 0 Å². The van der Waals surface area contributed by atoms with Crippen molar-refractivity contribution in [3.63, 3.8) is 0 Å². The summed E-state index contributed by atoms with van der Waals surface area (Å²) in [5, 5.41) is 9.99. The van der Waals surface area contributed by atoms with Gasteiger partial charge in [-0.2, -0.15) is 8.42 Å². The van der Waals surface area contributed by atoms with Crippen molar-refractivity contribution in [3.05, 3.63) is 48.0 Å². The summed E-state index contributed by atoms with van der Waals surface area (Å²) in [7, 11) is -4.33. The topological polar surface area (TPSA) is 83.8 Å². The van der Waals surface area contributed by atoms with Crippen LogP contribution in [0.15, 0.2) is 47.4 Å². The lowest BCUT2D eigenvalue weighted by molar-refractivity contribution is 0.407. The van der Waals surface area contributed by atoms with E-state index >= 15 is 0 Å². The molecule has 0 aliphatic carbocycles. The zero-order chi connectivity index (χ0) is 23.2. The highest BCUT2D eigenvalue weighted by Gasteiger charge is 2.15. The molecule has 0 unspecified atom stereocenters. The molecule has 2 rings (SSSR count). The van der Waals surface area contributed by atoms with E-state index in [2.05, 4.69) is 6.92 Å². The number of hydrogen-bond acceptors (Lipinski definition) is 4. The average Bonchev–Trinajstić information content (AvgIpc) is 2.76. The van der Waals surface area contributed by atoms with Crippen LogP contribution in [-0.2, 0) is 16.5 Å². The summed E-state index contributed by atoms with van der Waals surface area (Å²) in [6, 6.07) is 10.9. The molecule has 2 aromatic rings. The predicted molar refractivity (Wildman–Crippen MR) is 129 cm³/mol. The molecule has 0 atom stereocenters. The largest absolute Gasteiger partial charge is 0.504 e. The molecule has 0 amide bonds. The van der Waals surface area contributed by atoms with Crippen molar-refractivity contribution in [1.82, 2.24) is 0 Å². The molecule has 0 heterocycles. The monoisotopic (exact) mass is 462 g/mol. The van der Waals surface area contributed by atoms with Crippen LogP contribution in [0.3, 0.4) is 0 Å². The second-order valence-corrected chi connectivity index (χ2v) is 9.88. The molecule has 32 heavy (non-hydrogen) atoms. The lowest BCUT2D eigenvalue weighted by Crippen LogP contribution is -2.01. The minimum Gasteiger partial charge on any atom is -0.504 e. The predicted octanol–water partition coefficient (Wildman–Crippen LogP) is 7.67. The van der Waals surface area contributed by atoms with Crippen molar-refractivity contribution in [2.24, 2.45) is 0 Å². The number of benzene rings is 2.